The Morgan fingerprint density at radius 2 is 2.06 bits per heavy atom. The van der Waals surface area contributed by atoms with Gasteiger partial charge in [0.2, 0.25) is 11.1 Å². The standard InChI is InChI=1S/C24H23BrN4O2S/c1-2-32-24-27-23-26-19-7-4-8-20(30)21(19)22(29(23)28-24)16-9-11-18(12-10-16)31-14-15-5-3-6-17(25)13-15/h3,5-6,9-13,22H,2,4,7-8,14H2,1H3,(H,26,27,28). The molecule has 2 aromatic carbocycles. The third-order valence-electron chi connectivity index (χ3n) is 5.61. The van der Waals surface area contributed by atoms with Crippen molar-refractivity contribution in [1.82, 2.24) is 14.8 Å². The molecule has 0 fully saturated rings. The van der Waals surface area contributed by atoms with Gasteiger partial charge in [0.05, 0.1) is 0 Å². The highest BCUT2D eigenvalue weighted by Crippen LogP contribution is 2.40. The van der Waals surface area contributed by atoms with Crippen molar-refractivity contribution in [3.05, 3.63) is 75.4 Å². The molecule has 5 rings (SSSR count). The molecule has 0 saturated carbocycles. The van der Waals surface area contributed by atoms with Crippen LogP contribution in [0.2, 0.25) is 0 Å². The van der Waals surface area contributed by atoms with Crippen LogP contribution in [-0.4, -0.2) is 26.3 Å². The summed E-state index contributed by atoms with van der Waals surface area (Å²) >= 11 is 5.09. The maximum atomic E-state index is 12.9. The number of nitrogens with one attached hydrogen (secondary N) is 1. The molecule has 8 heteroatoms. The normalized spacial score (nSPS) is 17.6. The van der Waals surface area contributed by atoms with Gasteiger partial charge in [-0.1, -0.05) is 58.9 Å². The molecule has 2 heterocycles. The van der Waals surface area contributed by atoms with Gasteiger partial charge >= 0.3 is 0 Å². The second-order valence-corrected chi connectivity index (χ2v) is 9.93. The predicted molar refractivity (Wildman–Crippen MR) is 129 cm³/mol. The van der Waals surface area contributed by atoms with Gasteiger partial charge in [-0.2, -0.15) is 4.98 Å². The van der Waals surface area contributed by atoms with Crippen molar-refractivity contribution in [2.75, 3.05) is 11.1 Å². The number of thioether (sulfide) groups is 1. The molecule has 2 aliphatic rings. The van der Waals surface area contributed by atoms with Gasteiger partial charge in [-0.15, -0.1) is 5.10 Å². The lowest BCUT2D eigenvalue weighted by Gasteiger charge is -2.32. The fourth-order valence-electron chi connectivity index (χ4n) is 4.17. The van der Waals surface area contributed by atoms with Gasteiger partial charge in [0, 0.05) is 22.2 Å². The Hall–Kier alpha value is -2.58. The second-order valence-electron chi connectivity index (χ2n) is 7.78. The lowest BCUT2D eigenvalue weighted by molar-refractivity contribution is -0.116. The molecule has 0 radical (unpaired) electrons. The van der Waals surface area contributed by atoms with E-state index in [0.29, 0.717) is 19.0 Å². The van der Waals surface area contributed by atoms with Crippen molar-refractivity contribution in [2.24, 2.45) is 0 Å². The first-order valence-corrected chi connectivity index (χ1v) is 12.5. The number of anilines is 1. The van der Waals surface area contributed by atoms with Crippen molar-refractivity contribution in [2.45, 2.75) is 44.0 Å². The number of ether oxygens (including phenoxy) is 1. The van der Waals surface area contributed by atoms with Crippen LogP contribution in [0.5, 0.6) is 5.75 Å². The van der Waals surface area contributed by atoms with Gasteiger partial charge in [0.15, 0.2) is 5.78 Å². The Bertz CT molecular complexity index is 1190. The number of fused-ring (bicyclic) bond motifs is 1. The fraction of sp³-hybridized carbons (Fsp3) is 0.292. The number of hydrogen-bond donors (Lipinski definition) is 1. The molecule has 1 atom stereocenters. The summed E-state index contributed by atoms with van der Waals surface area (Å²) in [7, 11) is 0. The number of ketones is 1. The molecule has 164 valence electrons. The van der Waals surface area contributed by atoms with Gasteiger partial charge in [-0.3, -0.25) is 4.79 Å². The van der Waals surface area contributed by atoms with Gasteiger partial charge in [-0.25, -0.2) is 4.68 Å². The summed E-state index contributed by atoms with van der Waals surface area (Å²) in [4.78, 5) is 17.6. The first-order valence-electron chi connectivity index (χ1n) is 10.7. The number of benzene rings is 2. The fourth-order valence-corrected chi connectivity index (χ4v) is 5.18. The zero-order chi connectivity index (χ0) is 22.1. The van der Waals surface area contributed by atoms with Crippen molar-refractivity contribution in [1.29, 1.82) is 0 Å². The minimum absolute atomic E-state index is 0.185. The summed E-state index contributed by atoms with van der Waals surface area (Å²) in [6, 6.07) is 15.8. The third-order valence-corrected chi connectivity index (χ3v) is 6.83. The van der Waals surface area contributed by atoms with E-state index in [4.69, 9.17) is 9.84 Å². The summed E-state index contributed by atoms with van der Waals surface area (Å²) in [6.07, 6.45) is 2.30. The molecule has 1 unspecified atom stereocenters. The third kappa shape index (κ3) is 4.21. The van der Waals surface area contributed by atoms with Crippen LogP contribution in [0.15, 0.2) is 69.4 Å². The van der Waals surface area contributed by atoms with Crippen LogP contribution < -0.4 is 10.1 Å². The average molecular weight is 511 g/mol. The van der Waals surface area contributed by atoms with E-state index < -0.39 is 0 Å². The number of Topliss-reactive ketones (excluding diaryl/α,β-unsaturated/α-hetero) is 1. The van der Waals surface area contributed by atoms with E-state index in [2.05, 4.69) is 33.2 Å². The highest BCUT2D eigenvalue weighted by atomic mass is 79.9. The monoisotopic (exact) mass is 510 g/mol. The van der Waals surface area contributed by atoms with Gasteiger partial charge in [-0.05, 0) is 54.0 Å². The summed E-state index contributed by atoms with van der Waals surface area (Å²) in [5, 5.41) is 8.81. The molecular weight excluding hydrogens is 488 g/mol. The molecule has 1 aromatic heterocycles. The maximum absolute atomic E-state index is 12.9. The number of carbonyl (C=O) groups excluding carboxylic acids is 1. The zero-order valence-electron chi connectivity index (χ0n) is 17.7. The molecule has 1 N–H and O–H groups in total. The zero-order valence-corrected chi connectivity index (χ0v) is 20.1. The minimum Gasteiger partial charge on any atom is -0.489 e. The van der Waals surface area contributed by atoms with E-state index >= 15 is 0 Å². The Labute approximate surface area is 199 Å². The molecule has 1 aliphatic carbocycles. The topological polar surface area (TPSA) is 69.0 Å². The molecule has 0 spiro atoms. The van der Waals surface area contributed by atoms with Gasteiger partial charge in [0.25, 0.3) is 0 Å². The molecule has 6 nitrogen and oxygen atoms in total. The number of aromatic nitrogens is 3. The van der Waals surface area contributed by atoms with Crippen LogP contribution in [0.4, 0.5) is 5.95 Å². The SMILES string of the molecule is CCSc1nc2n(n1)C(c1ccc(OCc3cccc(Br)c3)cc1)C1=C(CCCC1=O)N2. The highest BCUT2D eigenvalue weighted by molar-refractivity contribution is 9.10. The van der Waals surface area contributed by atoms with E-state index in [1.165, 1.54) is 0 Å². The van der Waals surface area contributed by atoms with Crippen LogP contribution in [-0.2, 0) is 11.4 Å². The molecule has 0 amide bonds. The van der Waals surface area contributed by atoms with Crippen molar-refractivity contribution < 1.29 is 9.53 Å². The van der Waals surface area contributed by atoms with E-state index in [1.807, 2.05) is 53.2 Å². The largest absolute Gasteiger partial charge is 0.489 e. The molecule has 3 aromatic rings. The van der Waals surface area contributed by atoms with Crippen LogP contribution in [0.25, 0.3) is 0 Å². The molecule has 0 bridgehead atoms. The maximum Gasteiger partial charge on any atom is 0.227 e. The number of allylic oxidation sites excluding steroid dienone is 2. The van der Waals surface area contributed by atoms with Gasteiger partial charge < -0.3 is 10.1 Å². The van der Waals surface area contributed by atoms with Crippen molar-refractivity contribution in [3.63, 3.8) is 0 Å². The summed E-state index contributed by atoms with van der Waals surface area (Å²) in [6.45, 7) is 2.57. The molecule has 0 saturated heterocycles. The number of rotatable bonds is 6. The van der Waals surface area contributed by atoms with Crippen LogP contribution >= 0.6 is 27.7 Å². The number of carbonyl (C=O) groups is 1. The van der Waals surface area contributed by atoms with E-state index in [9.17, 15) is 4.79 Å². The first kappa shape index (κ1) is 21.3. The molecule has 1 aliphatic heterocycles. The number of hydrogen-bond acceptors (Lipinski definition) is 6. The first-order chi connectivity index (χ1) is 15.6. The van der Waals surface area contributed by atoms with E-state index in [1.54, 1.807) is 11.8 Å². The quantitative estimate of drug-likeness (QED) is 0.425. The molecule has 32 heavy (non-hydrogen) atoms. The van der Waals surface area contributed by atoms with E-state index in [0.717, 1.165) is 56.4 Å². The Balaban J connectivity index is 1.44. The Morgan fingerprint density at radius 1 is 1.22 bits per heavy atom. The van der Waals surface area contributed by atoms with Crippen molar-refractivity contribution in [3.8, 4) is 5.75 Å². The summed E-state index contributed by atoms with van der Waals surface area (Å²) in [5.41, 5.74) is 3.89. The molecular formula is C24H23BrN4O2S. The highest BCUT2D eigenvalue weighted by Gasteiger charge is 2.36. The smallest absolute Gasteiger partial charge is 0.227 e. The lowest BCUT2D eigenvalue weighted by atomic mass is 9.85. The van der Waals surface area contributed by atoms with Crippen LogP contribution in [0, 0.1) is 0 Å². The predicted octanol–water partition coefficient (Wildman–Crippen LogP) is 5.75. The minimum atomic E-state index is -0.271. The number of nitrogens with zero attached hydrogens (tertiary/aromatic N) is 3. The lowest BCUT2D eigenvalue weighted by Crippen LogP contribution is -2.31. The summed E-state index contributed by atoms with van der Waals surface area (Å²) < 4.78 is 8.86. The van der Waals surface area contributed by atoms with Gasteiger partial charge in [0.1, 0.15) is 18.4 Å². The summed E-state index contributed by atoms with van der Waals surface area (Å²) in [5.74, 6) is 2.57. The number of halogens is 1. The van der Waals surface area contributed by atoms with Crippen molar-refractivity contribution >= 4 is 39.4 Å². The second kappa shape index (κ2) is 9.11. The van der Waals surface area contributed by atoms with E-state index in [-0.39, 0.29) is 11.8 Å². The van der Waals surface area contributed by atoms with Crippen LogP contribution in [0.1, 0.15) is 43.4 Å². The van der Waals surface area contributed by atoms with Crippen LogP contribution in [0.3, 0.4) is 0 Å². The Kier molecular flexibility index (Phi) is 6.06. The Morgan fingerprint density at radius 3 is 2.84 bits per heavy atom. The average Bonchev–Trinajstić information content (AvgIpc) is 3.19.